The van der Waals surface area contributed by atoms with Crippen molar-refractivity contribution in [1.82, 2.24) is 4.98 Å². The Hall–Kier alpha value is -2.08. The van der Waals surface area contributed by atoms with E-state index in [4.69, 9.17) is 9.47 Å². The molecular formula is C20H24N2O3S. The average molecular weight is 372 g/mol. The van der Waals surface area contributed by atoms with Gasteiger partial charge in [0.25, 0.3) is 0 Å². The van der Waals surface area contributed by atoms with Gasteiger partial charge in [0.1, 0.15) is 11.5 Å². The van der Waals surface area contributed by atoms with Crippen LogP contribution in [0.2, 0.25) is 0 Å². The minimum Gasteiger partial charge on any atom is -0.497 e. The van der Waals surface area contributed by atoms with E-state index in [1.165, 1.54) is 37.0 Å². The Morgan fingerprint density at radius 2 is 2.15 bits per heavy atom. The number of carbonyl (C=O) groups excluding carboxylic acids is 1. The molecule has 0 unspecified atom stereocenters. The van der Waals surface area contributed by atoms with Gasteiger partial charge in [-0.25, -0.2) is 4.98 Å². The number of benzene rings is 1. The van der Waals surface area contributed by atoms with Gasteiger partial charge < -0.3 is 14.8 Å². The smallest absolute Gasteiger partial charge is 0.226 e. The Bertz CT molecular complexity index is 804. The summed E-state index contributed by atoms with van der Waals surface area (Å²) in [7, 11) is 3.25. The van der Waals surface area contributed by atoms with E-state index < -0.39 is 0 Å². The highest BCUT2D eigenvalue weighted by atomic mass is 32.1. The highest BCUT2D eigenvalue weighted by Gasteiger charge is 2.40. The highest BCUT2D eigenvalue weighted by molar-refractivity contribution is 7.14. The first-order valence-electron chi connectivity index (χ1n) is 9.14. The van der Waals surface area contributed by atoms with Gasteiger partial charge in [-0.1, -0.05) is 6.42 Å². The van der Waals surface area contributed by atoms with Crippen molar-refractivity contribution >= 4 is 22.4 Å². The molecule has 2 aliphatic carbocycles. The predicted molar refractivity (Wildman–Crippen MR) is 103 cm³/mol. The first kappa shape index (κ1) is 17.3. The zero-order valence-corrected chi connectivity index (χ0v) is 16.0. The van der Waals surface area contributed by atoms with Crippen molar-refractivity contribution in [2.45, 2.75) is 32.1 Å². The third kappa shape index (κ3) is 3.43. The fourth-order valence-corrected chi connectivity index (χ4v) is 5.23. The number of aromatic nitrogens is 1. The summed E-state index contributed by atoms with van der Waals surface area (Å²) in [6, 6.07) is 5.64. The van der Waals surface area contributed by atoms with Crippen LogP contribution in [0.4, 0.5) is 5.13 Å². The third-order valence-corrected chi connectivity index (χ3v) is 6.53. The summed E-state index contributed by atoms with van der Waals surface area (Å²) in [6.45, 7) is 0. The number of methoxy groups -OCH3 is 2. The van der Waals surface area contributed by atoms with E-state index in [1.807, 2.05) is 23.6 Å². The molecule has 4 rings (SSSR count). The molecular weight excluding hydrogens is 348 g/mol. The molecule has 2 aliphatic rings. The van der Waals surface area contributed by atoms with Crippen LogP contribution in [-0.4, -0.2) is 25.1 Å². The lowest BCUT2D eigenvalue weighted by atomic mass is 9.86. The SMILES string of the molecule is COc1ccc(-c2csc(NC(=O)C[C@H]3C[C@H]4CC[C@H]3C4)n2)c(OC)c1. The van der Waals surface area contributed by atoms with Crippen LogP contribution >= 0.6 is 11.3 Å². The van der Waals surface area contributed by atoms with Crippen molar-refractivity contribution in [3.8, 4) is 22.8 Å². The Kier molecular flexibility index (Phi) is 4.85. The summed E-state index contributed by atoms with van der Waals surface area (Å²) in [5, 5.41) is 5.57. The first-order chi connectivity index (χ1) is 12.7. The van der Waals surface area contributed by atoms with Gasteiger partial charge in [0, 0.05) is 23.4 Å². The monoisotopic (exact) mass is 372 g/mol. The molecule has 26 heavy (non-hydrogen) atoms. The van der Waals surface area contributed by atoms with Crippen LogP contribution in [0.1, 0.15) is 32.1 Å². The Labute approximate surface area is 157 Å². The molecule has 6 heteroatoms. The van der Waals surface area contributed by atoms with E-state index in [9.17, 15) is 4.79 Å². The second kappa shape index (κ2) is 7.27. The van der Waals surface area contributed by atoms with Crippen LogP contribution in [0.3, 0.4) is 0 Å². The molecule has 2 fully saturated rings. The number of nitrogens with zero attached hydrogens (tertiary/aromatic N) is 1. The summed E-state index contributed by atoms with van der Waals surface area (Å²) in [5.74, 6) is 3.72. The van der Waals surface area contributed by atoms with Crippen molar-refractivity contribution < 1.29 is 14.3 Å². The lowest BCUT2D eigenvalue weighted by Crippen LogP contribution is -2.20. The zero-order valence-electron chi connectivity index (χ0n) is 15.2. The topological polar surface area (TPSA) is 60.5 Å². The molecule has 138 valence electrons. The summed E-state index contributed by atoms with van der Waals surface area (Å²) < 4.78 is 10.7. The van der Waals surface area contributed by atoms with E-state index in [2.05, 4.69) is 10.3 Å². The zero-order chi connectivity index (χ0) is 18.1. The molecule has 0 radical (unpaired) electrons. The molecule has 0 saturated heterocycles. The third-order valence-electron chi connectivity index (χ3n) is 5.77. The van der Waals surface area contributed by atoms with Gasteiger partial charge in [-0.3, -0.25) is 4.79 Å². The first-order valence-corrected chi connectivity index (χ1v) is 10.0. The molecule has 2 saturated carbocycles. The number of hydrogen-bond donors (Lipinski definition) is 1. The van der Waals surface area contributed by atoms with Crippen molar-refractivity contribution in [2.75, 3.05) is 19.5 Å². The fourth-order valence-electron chi connectivity index (χ4n) is 4.50. The number of carbonyl (C=O) groups is 1. The number of thiazole rings is 1. The van der Waals surface area contributed by atoms with Crippen molar-refractivity contribution in [3.05, 3.63) is 23.6 Å². The summed E-state index contributed by atoms with van der Waals surface area (Å²) >= 11 is 1.45. The van der Waals surface area contributed by atoms with Crippen molar-refractivity contribution in [2.24, 2.45) is 17.8 Å². The molecule has 1 amide bonds. The van der Waals surface area contributed by atoms with E-state index in [0.717, 1.165) is 28.8 Å². The molecule has 1 N–H and O–H groups in total. The number of fused-ring (bicyclic) bond motifs is 2. The molecule has 1 aromatic carbocycles. The second-order valence-corrected chi connectivity index (χ2v) is 8.15. The van der Waals surface area contributed by atoms with Gasteiger partial charge in [0.05, 0.1) is 19.9 Å². The number of anilines is 1. The average Bonchev–Trinajstić information content (AvgIpc) is 3.38. The molecule has 1 heterocycles. The quantitative estimate of drug-likeness (QED) is 0.805. The number of nitrogens with one attached hydrogen (secondary N) is 1. The maximum Gasteiger partial charge on any atom is 0.226 e. The molecule has 0 aliphatic heterocycles. The minimum atomic E-state index is 0.0881. The maximum absolute atomic E-state index is 12.4. The number of hydrogen-bond acceptors (Lipinski definition) is 5. The van der Waals surface area contributed by atoms with Gasteiger partial charge in [-0.2, -0.15) is 0 Å². The van der Waals surface area contributed by atoms with E-state index in [0.29, 0.717) is 23.2 Å². The molecule has 3 atom stereocenters. The predicted octanol–water partition coefficient (Wildman–Crippen LogP) is 4.59. The van der Waals surface area contributed by atoms with E-state index in [-0.39, 0.29) is 5.91 Å². The van der Waals surface area contributed by atoms with E-state index in [1.54, 1.807) is 14.2 Å². The summed E-state index contributed by atoms with van der Waals surface area (Å²) in [5.41, 5.74) is 1.68. The Balaban J connectivity index is 1.42. The van der Waals surface area contributed by atoms with Crippen molar-refractivity contribution in [1.29, 1.82) is 0 Å². The van der Waals surface area contributed by atoms with Crippen LogP contribution < -0.4 is 14.8 Å². The standard InChI is InChI=1S/C20H24N2O3S/c1-24-15-5-6-16(18(10-15)25-2)17-11-26-20(21-17)22-19(23)9-14-8-12-3-4-13(14)7-12/h5-6,10-14H,3-4,7-9H2,1-2H3,(H,21,22,23)/t12-,13-,14+/m0/s1. The van der Waals surface area contributed by atoms with Gasteiger partial charge >= 0.3 is 0 Å². The molecule has 2 bridgehead atoms. The van der Waals surface area contributed by atoms with Crippen LogP contribution in [-0.2, 0) is 4.79 Å². The lowest BCUT2D eigenvalue weighted by molar-refractivity contribution is -0.117. The van der Waals surface area contributed by atoms with Gasteiger partial charge in [0.2, 0.25) is 5.91 Å². The summed E-state index contributed by atoms with van der Waals surface area (Å²) in [6.07, 6.45) is 5.85. The lowest BCUT2D eigenvalue weighted by Gasteiger charge is -2.20. The maximum atomic E-state index is 12.4. The number of rotatable bonds is 6. The summed E-state index contributed by atoms with van der Waals surface area (Å²) in [4.78, 5) is 17.0. The second-order valence-electron chi connectivity index (χ2n) is 7.29. The molecule has 1 aromatic heterocycles. The molecule has 2 aromatic rings. The normalized spacial score (nSPS) is 23.8. The number of amides is 1. The van der Waals surface area contributed by atoms with Crippen LogP contribution in [0.25, 0.3) is 11.3 Å². The van der Waals surface area contributed by atoms with Crippen LogP contribution in [0.15, 0.2) is 23.6 Å². The Morgan fingerprint density at radius 3 is 2.85 bits per heavy atom. The van der Waals surface area contributed by atoms with Gasteiger partial charge in [-0.05, 0) is 49.1 Å². The van der Waals surface area contributed by atoms with Crippen LogP contribution in [0.5, 0.6) is 11.5 Å². The van der Waals surface area contributed by atoms with Gasteiger partial charge in [0.15, 0.2) is 5.13 Å². The molecule has 5 nitrogen and oxygen atoms in total. The largest absolute Gasteiger partial charge is 0.497 e. The highest BCUT2D eigenvalue weighted by Crippen LogP contribution is 2.49. The minimum absolute atomic E-state index is 0.0881. The van der Waals surface area contributed by atoms with E-state index >= 15 is 0 Å². The fraction of sp³-hybridized carbons (Fsp3) is 0.500. The number of ether oxygens (including phenoxy) is 2. The van der Waals surface area contributed by atoms with Gasteiger partial charge in [-0.15, -0.1) is 11.3 Å². The van der Waals surface area contributed by atoms with Crippen LogP contribution in [0, 0.1) is 17.8 Å². The Morgan fingerprint density at radius 1 is 1.27 bits per heavy atom. The molecule has 0 spiro atoms. The van der Waals surface area contributed by atoms with Crippen molar-refractivity contribution in [3.63, 3.8) is 0 Å².